The van der Waals surface area contributed by atoms with Crippen molar-refractivity contribution in [3.8, 4) is 0 Å². The van der Waals surface area contributed by atoms with Crippen LogP contribution in [0, 0.1) is 13.8 Å². The summed E-state index contributed by atoms with van der Waals surface area (Å²) in [5.41, 5.74) is 3.19. The zero-order chi connectivity index (χ0) is 29.7. The lowest BCUT2D eigenvalue weighted by Gasteiger charge is -2.35. The number of anilines is 1. The standard InChI is InChI=1S/C31H38ClN3O4S/c1-22-12-15-25(16-13-22)20-34(28(30(37)33-31(3,4)5)18-24-10-8-7-9-11-24)29(36)21-35(40(6,38)39)27-19-26(32)17-14-23(27)2/h7-17,19,28H,18,20-21H2,1-6H3,(H,33,37). The van der Waals surface area contributed by atoms with E-state index in [2.05, 4.69) is 5.32 Å². The maximum atomic E-state index is 14.1. The molecule has 1 atom stereocenters. The number of nitrogens with zero attached hydrogens (tertiary/aromatic N) is 2. The van der Waals surface area contributed by atoms with Gasteiger partial charge in [0.2, 0.25) is 21.8 Å². The maximum absolute atomic E-state index is 14.1. The van der Waals surface area contributed by atoms with Crippen LogP contribution in [0.5, 0.6) is 0 Å². The minimum Gasteiger partial charge on any atom is -0.350 e. The van der Waals surface area contributed by atoms with E-state index in [-0.39, 0.29) is 18.9 Å². The number of amides is 2. The summed E-state index contributed by atoms with van der Waals surface area (Å²) in [6, 6.07) is 21.2. The van der Waals surface area contributed by atoms with E-state index in [4.69, 9.17) is 11.6 Å². The lowest BCUT2D eigenvalue weighted by molar-refractivity contribution is -0.140. The van der Waals surface area contributed by atoms with E-state index < -0.39 is 34.1 Å². The number of halogens is 1. The molecular formula is C31H38ClN3O4S. The van der Waals surface area contributed by atoms with Crippen molar-refractivity contribution in [3.63, 3.8) is 0 Å². The molecule has 0 aliphatic heterocycles. The molecule has 0 heterocycles. The molecule has 0 fully saturated rings. The Morgan fingerprint density at radius 2 is 1.55 bits per heavy atom. The molecule has 0 radical (unpaired) electrons. The molecule has 1 N–H and O–H groups in total. The molecule has 0 spiro atoms. The first-order valence-electron chi connectivity index (χ1n) is 13.1. The van der Waals surface area contributed by atoms with Gasteiger partial charge in [-0.2, -0.15) is 0 Å². The summed E-state index contributed by atoms with van der Waals surface area (Å²) in [6.45, 7) is 9.00. The number of rotatable bonds is 10. The van der Waals surface area contributed by atoms with Crippen molar-refractivity contribution in [2.24, 2.45) is 0 Å². The molecule has 0 saturated heterocycles. The Kier molecular flexibility index (Phi) is 10.0. The van der Waals surface area contributed by atoms with Crippen LogP contribution in [0.1, 0.15) is 43.0 Å². The average molecular weight is 584 g/mol. The summed E-state index contributed by atoms with van der Waals surface area (Å²) < 4.78 is 27.0. The molecular weight excluding hydrogens is 546 g/mol. The Morgan fingerprint density at radius 1 is 0.925 bits per heavy atom. The van der Waals surface area contributed by atoms with Crippen LogP contribution in [-0.2, 0) is 32.6 Å². The molecule has 1 unspecified atom stereocenters. The van der Waals surface area contributed by atoms with Crippen LogP contribution >= 0.6 is 11.6 Å². The predicted molar refractivity (Wildman–Crippen MR) is 162 cm³/mol. The van der Waals surface area contributed by atoms with Gasteiger partial charge in [0.1, 0.15) is 12.6 Å². The third-order valence-electron chi connectivity index (χ3n) is 6.36. The lowest BCUT2D eigenvalue weighted by Crippen LogP contribution is -2.56. The lowest BCUT2D eigenvalue weighted by atomic mass is 10.0. The maximum Gasteiger partial charge on any atom is 0.244 e. The first-order valence-corrected chi connectivity index (χ1v) is 15.3. The largest absolute Gasteiger partial charge is 0.350 e. The van der Waals surface area contributed by atoms with Gasteiger partial charge in [-0.1, -0.05) is 77.8 Å². The number of carbonyl (C=O) groups excluding carboxylic acids is 2. The van der Waals surface area contributed by atoms with Crippen molar-refractivity contribution in [1.82, 2.24) is 10.2 Å². The number of benzene rings is 3. The molecule has 3 aromatic rings. The van der Waals surface area contributed by atoms with Crippen molar-refractivity contribution in [2.75, 3.05) is 17.1 Å². The van der Waals surface area contributed by atoms with Gasteiger partial charge in [-0.25, -0.2) is 8.42 Å². The smallest absolute Gasteiger partial charge is 0.244 e. The Morgan fingerprint density at radius 3 is 2.12 bits per heavy atom. The summed E-state index contributed by atoms with van der Waals surface area (Å²) in [5.74, 6) is -0.822. The second-order valence-corrected chi connectivity index (χ2v) is 13.5. The van der Waals surface area contributed by atoms with Gasteiger partial charge >= 0.3 is 0 Å². The van der Waals surface area contributed by atoms with Crippen LogP contribution in [-0.4, -0.2) is 49.5 Å². The molecule has 214 valence electrons. The van der Waals surface area contributed by atoms with Gasteiger partial charge in [-0.05, 0) is 63.4 Å². The van der Waals surface area contributed by atoms with E-state index >= 15 is 0 Å². The fourth-order valence-electron chi connectivity index (χ4n) is 4.34. The molecule has 0 aliphatic rings. The van der Waals surface area contributed by atoms with Crippen LogP contribution in [0.15, 0.2) is 72.8 Å². The highest BCUT2D eigenvalue weighted by molar-refractivity contribution is 7.92. The third-order valence-corrected chi connectivity index (χ3v) is 7.72. The zero-order valence-corrected chi connectivity index (χ0v) is 25.5. The fraction of sp³-hybridized carbons (Fsp3) is 0.355. The molecule has 9 heteroatoms. The zero-order valence-electron chi connectivity index (χ0n) is 23.9. The third kappa shape index (κ3) is 8.83. The van der Waals surface area contributed by atoms with Crippen LogP contribution in [0.3, 0.4) is 0 Å². The first kappa shape index (κ1) is 31.2. The molecule has 0 bridgehead atoms. The normalized spacial score (nSPS) is 12.5. The first-order chi connectivity index (χ1) is 18.6. The van der Waals surface area contributed by atoms with Crippen molar-refractivity contribution in [1.29, 1.82) is 0 Å². The minimum atomic E-state index is -3.87. The van der Waals surface area contributed by atoms with E-state index in [0.29, 0.717) is 16.3 Å². The summed E-state index contributed by atoms with van der Waals surface area (Å²) in [7, 11) is -3.87. The summed E-state index contributed by atoms with van der Waals surface area (Å²) in [6.07, 6.45) is 1.31. The van der Waals surface area contributed by atoms with E-state index in [1.165, 1.54) is 11.0 Å². The molecule has 0 aliphatic carbocycles. The Hall–Kier alpha value is -3.36. The van der Waals surface area contributed by atoms with Crippen LogP contribution in [0.25, 0.3) is 0 Å². The number of aryl methyl sites for hydroxylation is 2. The quantitative estimate of drug-likeness (QED) is 0.352. The van der Waals surface area contributed by atoms with Crippen molar-refractivity contribution < 1.29 is 18.0 Å². The highest BCUT2D eigenvalue weighted by atomic mass is 35.5. The molecule has 7 nitrogen and oxygen atoms in total. The number of nitrogens with one attached hydrogen (secondary N) is 1. The van der Waals surface area contributed by atoms with Gasteiger partial charge in [-0.3, -0.25) is 13.9 Å². The van der Waals surface area contributed by atoms with Crippen molar-refractivity contribution >= 4 is 39.1 Å². The highest BCUT2D eigenvalue weighted by Crippen LogP contribution is 2.27. The Balaban J connectivity index is 2.09. The van der Waals surface area contributed by atoms with Crippen molar-refractivity contribution in [2.45, 2.75) is 59.2 Å². The average Bonchev–Trinajstić information content (AvgIpc) is 2.86. The van der Waals surface area contributed by atoms with Crippen molar-refractivity contribution in [3.05, 3.63) is 100 Å². The monoisotopic (exact) mass is 583 g/mol. The van der Waals surface area contributed by atoms with Crippen LogP contribution < -0.4 is 9.62 Å². The minimum absolute atomic E-state index is 0.125. The van der Waals surface area contributed by atoms with E-state index in [1.807, 2.05) is 82.3 Å². The summed E-state index contributed by atoms with van der Waals surface area (Å²) >= 11 is 6.20. The van der Waals surface area contributed by atoms with Gasteiger partial charge < -0.3 is 10.2 Å². The fourth-order valence-corrected chi connectivity index (χ4v) is 5.41. The SMILES string of the molecule is Cc1ccc(CN(C(=O)CN(c2cc(Cl)ccc2C)S(C)(=O)=O)C(Cc2ccccc2)C(=O)NC(C)(C)C)cc1. The molecule has 3 rings (SSSR count). The second-order valence-electron chi connectivity index (χ2n) is 11.2. The number of hydrogen-bond acceptors (Lipinski definition) is 4. The molecule has 0 aromatic heterocycles. The molecule has 2 amide bonds. The second kappa shape index (κ2) is 12.9. The van der Waals surface area contributed by atoms with Gasteiger partial charge in [0.25, 0.3) is 0 Å². The molecule has 40 heavy (non-hydrogen) atoms. The van der Waals surface area contributed by atoms with E-state index in [0.717, 1.165) is 27.3 Å². The van der Waals surface area contributed by atoms with Gasteiger partial charge in [0.05, 0.1) is 11.9 Å². The Labute approximate surface area is 243 Å². The van der Waals surface area contributed by atoms with Crippen LogP contribution in [0.2, 0.25) is 5.02 Å². The topological polar surface area (TPSA) is 86.8 Å². The van der Waals surface area contributed by atoms with Gasteiger partial charge in [0, 0.05) is 23.5 Å². The van der Waals surface area contributed by atoms with E-state index in [9.17, 15) is 18.0 Å². The summed E-state index contributed by atoms with van der Waals surface area (Å²) in [5, 5.41) is 3.37. The number of hydrogen-bond donors (Lipinski definition) is 1. The molecule has 0 saturated carbocycles. The van der Waals surface area contributed by atoms with Crippen LogP contribution in [0.4, 0.5) is 5.69 Å². The molecule has 3 aromatic carbocycles. The van der Waals surface area contributed by atoms with Gasteiger partial charge in [-0.15, -0.1) is 0 Å². The summed E-state index contributed by atoms with van der Waals surface area (Å²) in [4.78, 5) is 29.4. The Bertz CT molecular complexity index is 1440. The highest BCUT2D eigenvalue weighted by Gasteiger charge is 2.34. The number of sulfonamides is 1. The van der Waals surface area contributed by atoms with E-state index in [1.54, 1.807) is 19.1 Å². The predicted octanol–water partition coefficient (Wildman–Crippen LogP) is 5.28. The van der Waals surface area contributed by atoms with Gasteiger partial charge in [0.15, 0.2) is 0 Å². The number of carbonyl (C=O) groups is 2.